The predicted molar refractivity (Wildman–Crippen MR) is 117 cm³/mol. The van der Waals surface area contributed by atoms with Crippen LogP contribution in [-0.4, -0.2) is 27.5 Å². The smallest absolute Gasteiger partial charge is 0.326 e. The molecule has 0 saturated heterocycles. The SMILES string of the molecule is O=C(N[C@]1(C(F)(F)F)C(=O)Nc2c1c(=O)[nH]c(=O)n2CCc1ccccc1)c1cccc(Cl)c1. The van der Waals surface area contributed by atoms with E-state index in [1.807, 2.05) is 10.3 Å². The van der Waals surface area contributed by atoms with E-state index in [4.69, 9.17) is 11.6 Å². The van der Waals surface area contributed by atoms with Crippen LogP contribution in [0.4, 0.5) is 19.0 Å². The maximum absolute atomic E-state index is 14.4. The van der Waals surface area contributed by atoms with Gasteiger partial charge in [-0.05, 0) is 30.2 Å². The number of halogens is 4. The van der Waals surface area contributed by atoms with Crippen LogP contribution in [0.25, 0.3) is 0 Å². The molecular weight excluding hydrogens is 477 g/mol. The van der Waals surface area contributed by atoms with Gasteiger partial charge in [0.1, 0.15) is 11.4 Å². The van der Waals surface area contributed by atoms with E-state index in [9.17, 15) is 32.3 Å². The van der Waals surface area contributed by atoms with E-state index >= 15 is 0 Å². The zero-order valence-corrected chi connectivity index (χ0v) is 18.0. The first-order valence-electron chi connectivity index (χ1n) is 9.92. The van der Waals surface area contributed by atoms with Crippen LogP contribution in [0.15, 0.2) is 64.2 Å². The van der Waals surface area contributed by atoms with Gasteiger partial charge in [0, 0.05) is 17.1 Å². The molecule has 0 bridgehead atoms. The van der Waals surface area contributed by atoms with Crippen LogP contribution in [0.5, 0.6) is 0 Å². The Labute approximate surface area is 194 Å². The predicted octanol–water partition coefficient (Wildman–Crippen LogP) is 2.57. The molecule has 12 heteroatoms. The van der Waals surface area contributed by atoms with E-state index in [-0.39, 0.29) is 23.6 Å². The quantitative estimate of drug-likeness (QED) is 0.508. The summed E-state index contributed by atoms with van der Waals surface area (Å²) in [6.07, 6.45) is -5.20. The maximum Gasteiger partial charge on any atom is 0.425 e. The van der Waals surface area contributed by atoms with E-state index in [2.05, 4.69) is 0 Å². The number of benzene rings is 2. The summed E-state index contributed by atoms with van der Waals surface area (Å²) >= 11 is 5.81. The Hall–Kier alpha value is -3.86. The summed E-state index contributed by atoms with van der Waals surface area (Å²) in [7, 11) is 0. The van der Waals surface area contributed by atoms with Gasteiger partial charge < -0.3 is 10.6 Å². The van der Waals surface area contributed by atoms with Crippen molar-refractivity contribution in [3.63, 3.8) is 0 Å². The second-order valence-electron chi connectivity index (χ2n) is 7.54. The molecule has 0 unspecified atom stereocenters. The number of aromatic nitrogens is 2. The highest BCUT2D eigenvalue weighted by atomic mass is 35.5. The Morgan fingerprint density at radius 2 is 1.76 bits per heavy atom. The van der Waals surface area contributed by atoms with Gasteiger partial charge in [0.2, 0.25) is 0 Å². The second-order valence-corrected chi connectivity index (χ2v) is 7.97. The minimum absolute atomic E-state index is 0.0811. The van der Waals surface area contributed by atoms with Crippen LogP contribution in [-0.2, 0) is 23.3 Å². The highest BCUT2D eigenvalue weighted by Gasteiger charge is 2.68. The Balaban J connectivity index is 1.83. The Morgan fingerprint density at radius 1 is 1.06 bits per heavy atom. The van der Waals surface area contributed by atoms with Crippen molar-refractivity contribution in [1.29, 1.82) is 0 Å². The number of carbonyl (C=O) groups is 2. The highest BCUT2D eigenvalue weighted by Crippen LogP contribution is 2.45. The first-order valence-corrected chi connectivity index (χ1v) is 10.3. The van der Waals surface area contributed by atoms with Crippen molar-refractivity contribution in [3.05, 3.63) is 97.1 Å². The summed E-state index contributed by atoms with van der Waals surface area (Å²) in [6, 6.07) is 13.8. The van der Waals surface area contributed by atoms with Crippen molar-refractivity contribution < 1.29 is 22.8 Å². The lowest BCUT2D eigenvalue weighted by atomic mass is 9.91. The number of fused-ring (bicyclic) bond motifs is 1. The molecule has 8 nitrogen and oxygen atoms in total. The van der Waals surface area contributed by atoms with Gasteiger partial charge >= 0.3 is 11.9 Å². The van der Waals surface area contributed by atoms with Crippen molar-refractivity contribution in [2.75, 3.05) is 5.32 Å². The molecule has 1 atom stereocenters. The van der Waals surface area contributed by atoms with Gasteiger partial charge in [-0.2, -0.15) is 13.2 Å². The van der Waals surface area contributed by atoms with Gasteiger partial charge in [-0.15, -0.1) is 0 Å². The number of aromatic amines is 1. The molecule has 0 saturated carbocycles. The van der Waals surface area contributed by atoms with E-state index in [1.165, 1.54) is 18.2 Å². The number of H-pyrrole nitrogens is 1. The number of amides is 2. The monoisotopic (exact) mass is 492 g/mol. The fourth-order valence-electron chi connectivity index (χ4n) is 3.80. The fourth-order valence-corrected chi connectivity index (χ4v) is 3.99. The summed E-state index contributed by atoms with van der Waals surface area (Å²) in [4.78, 5) is 52.4. The molecule has 1 aliphatic heterocycles. The summed E-state index contributed by atoms with van der Waals surface area (Å²) in [6.45, 7) is -0.140. The third-order valence-electron chi connectivity index (χ3n) is 5.43. The molecule has 3 N–H and O–H groups in total. The molecule has 4 rings (SSSR count). The summed E-state index contributed by atoms with van der Waals surface area (Å²) in [5, 5.41) is 3.75. The van der Waals surface area contributed by atoms with E-state index in [0.29, 0.717) is 0 Å². The first-order chi connectivity index (χ1) is 16.0. The maximum atomic E-state index is 14.4. The Kier molecular flexibility index (Phi) is 5.82. The number of nitrogens with zero attached hydrogens (tertiary/aromatic N) is 1. The molecule has 1 aromatic heterocycles. The standard InChI is InChI=1S/C22H16ClF3N4O4/c23-14-8-4-7-13(11-14)17(31)29-21(22(24,25)26)15-16(27-19(21)33)30(20(34)28-18(15)32)10-9-12-5-2-1-3-6-12/h1-8,11H,9-10H2,(H,27,33)(H,29,31)(H,28,32,34)/t21-/m0/s1. The van der Waals surface area contributed by atoms with Crippen molar-refractivity contribution in [1.82, 2.24) is 14.9 Å². The largest absolute Gasteiger partial charge is 0.425 e. The number of aryl methyl sites for hydroxylation is 1. The van der Waals surface area contributed by atoms with Gasteiger partial charge in [0.25, 0.3) is 22.9 Å². The fraction of sp³-hybridized carbons (Fsp3) is 0.182. The molecule has 176 valence electrons. The van der Waals surface area contributed by atoms with Gasteiger partial charge in [0.15, 0.2) is 0 Å². The number of hydrogen-bond acceptors (Lipinski definition) is 4. The van der Waals surface area contributed by atoms with Crippen LogP contribution in [0.2, 0.25) is 5.02 Å². The van der Waals surface area contributed by atoms with Crippen LogP contribution >= 0.6 is 11.6 Å². The number of rotatable bonds is 5. The zero-order chi connectivity index (χ0) is 24.7. The molecule has 0 spiro atoms. The number of anilines is 1. The lowest BCUT2D eigenvalue weighted by Gasteiger charge is -2.30. The summed E-state index contributed by atoms with van der Waals surface area (Å²) < 4.78 is 44.1. The summed E-state index contributed by atoms with van der Waals surface area (Å²) in [5.41, 5.74) is -6.77. The molecule has 3 aromatic rings. The Bertz CT molecular complexity index is 1400. The lowest BCUT2D eigenvalue weighted by Crippen LogP contribution is -2.62. The molecule has 34 heavy (non-hydrogen) atoms. The van der Waals surface area contributed by atoms with Gasteiger partial charge in [0.05, 0.1) is 0 Å². The molecule has 0 aliphatic carbocycles. The minimum Gasteiger partial charge on any atom is -0.326 e. The molecule has 2 amide bonds. The van der Waals surface area contributed by atoms with E-state index < -0.39 is 46.2 Å². The van der Waals surface area contributed by atoms with Crippen LogP contribution in [0.1, 0.15) is 21.5 Å². The molecule has 2 heterocycles. The number of nitrogens with one attached hydrogen (secondary N) is 3. The topological polar surface area (TPSA) is 113 Å². The van der Waals surface area contributed by atoms with Crippen molar-refractivity contribution in [3.8, 4) is 0 Å². The number of carbonyl (C=O) groups excluding carboxylic acids is 2. The second kappa shape index (κ2) is 8.49. The first kappa shape index (κ1) is 23.3. The third kappa shape index (κ3) is 3.87. The van der Waals surface area contributed by atoms with Crippen LogP contribution in [0.3, 0.4) is 0 Å². The molecular formula is C22H16ClF3N4O4. The average molecular weight is 493 g/mol. The summed E-state index contributed by atoms with van der Waals surface area (Å²) in [5.74, 6) is -3.63. The minimum atomic E-state index is -5.43. The van der Waals surface area contributed by atoms with Crippen molar-refractivity contribution in [2.24, 2.45) is 0 Å². The Morgan fingerprint density at radius 3 is 2.41 bits per heavy atom. The molecule has 2 aromatic carbocycles. The number of alkyl halides is 3. The van der Waals surface area contributed by atoms with E-state index in [1.54, 1.807) is 35.6 Å². The zero-order valence-electron chi connectivity index (χ0n) is 17.2. The van der Waals surface area contributed by atoms with E-state index in [0.717, 1.165) is 16.2 Å². The third-order valence-corrected chi connectivity index (χ3v) is 5.66. The van der Waals surface area contributed by atoms with Crippen molar-refractivity contribution >= 4 is 29.2 Å². The van der Waals surface area contributed by atoms with Gasteiger partial charge in [-0.1, -0.05) is 48.0 Å². The van der Waals surface area contributed by atoms with Gasteiger partial charge in [-0.25, -0.2) is 4.79 Å². The number of hydrogen-bond donors (Lipinski definition) is 3. The van der Waals surface area contributed by atoms with Crippen LogP contribution in [0, 0.1) is 0 Å². The average Bonchev–Trinajstić information content (AvgIpc) is 3.07. The molecule has 1 aliphatic rings. The van der Waals surface area contributed by atoms with Crippen molar-refractivity contribution in [2.45, 2.75) is 24.7 Å². The molecule has 0 radical (unpaired) electrons. The lowest BCUT2D eigenvalue weighted by molar-refractivity contribution is -0.196. The molecule has 0 fully saturated rings. The van der Waals surface area contributed by atoms with Gasteiger partial charge in [-0.3, -0.25) is 23.9 Å². The highest BCUT2D eigenvalue weighted by molar-refractivity contribution is 6.31. The van der Waals surface area contributed by atoms with Crippen LogP contribution < -0.4 is 21.9 Å². The normalized spacial score (nSPS) is 17.2.